The van der Waals surface area contributed by atoms with Crippen LogP contribution in [0.25, 0.3) is 0 Å². The van der Waals surface area contributed by atoms with Crippen molar-refractivity contribution in [2.45, 2.75) is 109 Å². The van der Waals surface area contributed by atoms with Crippen LogP contribution in [0.3, 0.4) is 0 Å². The maximum atomic E-state index is 13.5. The zero-order valence-corrected chi connectivity index (χ0v) is 25.8. The van der Waals surface area contributed by atoms with E-state index in [0.717, 1.165) is 36.9 Å². The summed E-state index contributed by atoms with van der Waals surface area (Å²) in [5.41, 5.74) is -2.11. The molecule has 2 aliphatic rings. The highest BCUT2D eigenvalue weighted by Gasteiger charge is 2.44. The number of oxime groups is 2. The predicted octanol–water partition coefficient (Wildman–Crippen LogP) is 8.24. The van der Waals surface area contributed by atoms with Gasteiger partial charge in [-0.15, -0.1) is 8.67 Å². The van der Waals surface area contributed by atoms with Crippen LogP contribution in [0.15, 0.2) is 10.3 Å². The molecule has 0 aromatic carbocycles. The number of nitrogens with zero attached hydrogens (tertiary/aromatic N) is 2. The fourth-order valence-electron chi connectivity index (χ4n) is 4.69. The molecular formula is C25H40F6N2O8S2. The second-order valence-electron chi connectivity index (χ2n) is 10.1. The molecule has 0 unspecified atom stereocenters. The van der Waals surface area contributed by atoms with E-state index in [4.69, 9.17) is 9.47 Å². The van der Waals surface area contributed by atoms with Gasteiger partial charge in [-0.1, -0.05) is 13.8 Å². The second kappa shape index (κ2) is 20.9. The smallest absolute Gasteiger partial charge is 0.378 e. The highest BCUT2D eigenvalue weighted by molar-refractivity contribution is 7.94. The van der Waals surface area contributed by atoms with Crippen molar-refractivity contribution < 1.29 is 64.5 Å². The average molecular weight is 675 g/mol. The van der Waals surface area contributed by atoms with Gasteiger partial charge in [-0.05, 0) is 80.9 Å². The molecule has 10 nitrogen and oxygen atoms in total. The number of hydrogen-bond acceptors (Lipinski definition) is 12. The molecule has 0 atom stereocenters. The fraction of sp³-hybridized carbons (Fsp3) is 0.920. The highest BCUT2D eigenvalue weighted by Crippen LogP contribution is 2.35. The third-order valence-corrected chi connectivity index (χ3v) is 8.21. The fourth-order valence-corrected chi connectivity index (χ4v) is 5.29. The molecule has 0 heterocycles. The molecule has 0 radical (unpaired) electrons. The number of hydrogen-bond donors (Lipinski definition) is 0. The van der Waals surface area contributed by atoms with Gasteiger partial charge in [-0.2, -0.15) is 36.3 Å². The van der Waals surface area contributed by atoms with Crippen molar-refractivity contribution >= 4 is 35.5 Å². The van der Waals surface area contributed by atoms with Gasteiger partial charge in [0.2, 0.25) is 0 Å². The molecule has 0 saturated heterocycles. The quantitative estimate of drug-likeness (QED) is 0.0314. The van der Waals surface area contributed by atoms with Crippen molar-refractivity contribution in [2.24, 2.45) is 22.1 Å². The largest absolute Gasteiger partial charge is 0.433 e. The first-order chi connectivity index (χ1) is 20.6. The Kier molecular flexibility index (Phi) is 18.6. The molecule has 0 amide bonds. The van der Waals surface area contributed by atoms with Crippen molar-refractivity contribution in [1.29, 1.82) is 0 Å². The molecule has 0 aromatic rings. The molecular weight excluding hydrogens is 634 g/mol. The first kappa shape index (κ1) is 38.2. The third-order valence-electron chi connectivity index (χ3n) is 6.76. The van der Waals surface area contributed by atoms with E-state index in [-0.39, 0.29) is 37.9 Å². The summed E-state index contributed by atoms with van der Waals surface area (Å²) in [5.74, 6) is -0.517. The summed E-state index contributed by atoms with van der Waals surface area (Å²) < 4.78 is 101. The summed E-state index contributed by atoms with van der Waals surface area (Å²) in [6, 6.07) is 0. The second-order valence-corrected chi connectivity index (χ2v) is 11.6. The highest BCUT2D eigenvalue weighted by atomic mass is 32.2. The Morgan fingerprint density at radius 1 is 0.628 bits per heavy atom. The zero-order valence-electron chi connectivity index (χ0n) is 24.2. The molecule has 0 aliphatic heterocycles. The Labute approximate surface area is 255 Å². The minimum Gasteiger partial charge on any atom is -0.378 e. The van der Waals surface area contributed by atoms with Gasteiger partial charge >= 0.3 is 12.4 Å². The Balaban J connectivity index is 1.63. The minimum atomic E-state index is -4.67. The number of ether oxygens (including phenoxy) is 2. The Morgan fingerprint density at radius 3 is 1.33 bits per heavy atom. The van der Waals surface area contributed by atoms with Crippen molar-refractivity contribution in [3.63, 3.8) is 0 Å². The monoisotopic (exact) mass is 674 g/mol. The molecule has 0 spiro atoms. The van der Waals surface area contributed by atoms with E-state index in [9.17, 15) is 26.3 Å². The van der Waals surface area contributed by atoms with Crippen LogP contribution in [0.5, 0.6) is 0 Å². The Morgan fingerprint density at radius 2 is 1.00 bits per heavy atom. The summed E-state index contributed by atoms with van der Waals surface area (Å²) >= 11 is 1.79. The lowest BCUT2D eigenvalue weighted by atomic mass is 9.84. The van der Waals surface area contributed by atoms with Gasteiger partial charge in [0.05, 0.1) is 12.2 Å². The SMILES string of the molecule is CCCSOOO/N=C(/C1CCC(OCCCOC2CCC(/C(=N/OOOSCCC)C(F)(F)F)CC2)CC1)C(F)(F)F. The van der Waals surface area contributed by atoms with Crippen LogP contribution >= 0.6 is 24.1 Å². The van der Waals surface area contributed by atoms with Crippen molar-refractivity contribution in [3.8, 4) is 0 Å². The Hall–Kier alpha value is -1.02. The molecule has 2 saturated carbocycles. The molecule has 18 heteroatoms. The topological polar surface area (TPSA) is 98.6 Å². The number of halogens is 6. The molecule has 43 heavy (non-hydrogen) atoms. The predicted molar refractivity (Wildman–Crippen MR) is 147 cm³/mol. The first-order valence-electron chi connectivity index (χ1n) is 14.3. The van der Waals surface area contributed by atoms with E-state index >= 15 is 0 Å². The van der Waals surface area contributed by atoms with Gasteiger partial charge in [0, 0.05) is 70.7 Å². The maximum absolute atomic E-state index is 13.5. The lowest BCUT2D eigenvalue weighted by molar-refractivity contribution is -0.462. The van der Waals surface area contributed by atoms with Crippen molar-refractivity contribution in [1.82, 2.24) is 0 Å². The van der Waals surface area contributed by atoms with Crippen molar-refractivity contribution in [2.75, 3.05) is 24.7 Å². The van der Waals surface area contributed by atoms with Gasteiger partial charge in [0.1, 0.15) is 0 Å². The molecule has 0 bridgehead atoms. The number of alkyl halides is 6. The van der Waals surface area contributed by atoms with Crippen molar-refractivity contribution in [3.05, 3.63) is 0 Å². The van der Waals surface area contributed by atoms with Crippen LogP contribution in [0, 0.1) is 11.8 Å². The third kappa shape index (κ3) is 15.7. The van der Waals surface area contributed by atoms with Crippen LogP contribution in [0.4, 0.5) is 26.3 Å². The van der Waals surface area contributed by atoms with Gasteiger partial charge in [0.15, 0.2) is 11.4 Å². The van der Waals surface area contributed by atoms with E-state index in [1.54, 1.807) is 0 Å². The van der Waals surface area contributed by atoms with Crippen LogP contribution in [-0.2, 0) is 38.2 Å². The molecule has 2 aliphatic carbocycles. The van der Waals surface area contributed by atoms with Gasteiger partial charge in [-0.25, -0.2) is 0 Å². The normalized spacial score (nSPS) is 24.3. The van der Waals surface area contributed by atoms with E-state index in [1.807, 2.05) is 13.8 Å². The van der Waals surface area contributed by atoms with Gasteiger partial charge in [-0.3, -0.25) is 0 Å². The van der Waals surface area contributed by atoms with Crippen LogP contribution in [-0.4, -0.2) is 60.7 Å². The summed E-state index contributed by atoms with van der Waals surface area (Å²) in [4.78, 5) is 8.52. The summed E-state index contributed by atoms with van der Waals surface area (Å²) in [5, 5.41) is 14.7. The molecule has 252 valence electrons. The van der Waals surface area contributed by atoms with E-state index in [2.05, 4.69) is 39.0 Å². The van der Waals surface area contributed by atoms with Crippen LogP contribution < -0.4 is 0 Å². The summed E-state index contributed by atoms with van der Waals surface area (Å²) in [6.07, 6.45) is -4.97. The molecule has 0 aromatic heterocycles. The Bertz CT molecular complexity index is 746. The van der Waals surface area contributed by atoms with Crippen LogP contribution in [0.2, 0.25) is 0 Å². The standard InChI is InChI=1S/C25H40F6N2O8S2/c1-3-16-42-40-38-36-32-22(24(26,27)28)18-6-10-20(11-7-18)34-14-5-15-35-21-12-8-19(9-13-21)23(25(29,30)31)33-37-39-41-43-17-4-2/h18-21H,3-17H2,1-2H3/b32-22-,33-23-. The van der Waals surface area contributed by atoms with E-state index in [0.29, 0.717) is 56.8 Å². The number of rotatable bonds is 20. The minimum absolute atomic E-state index is 0.186. The lowest BCUT2D eigenvalue weighted by Crippen LogP contribution is -2.35. The van der Waals surface area contributed by atoms with Crippen LogP contribution in [0.1, 0.15) is 84.5 Å². The van der Waals surface area contributed by atoms with E-state index in [1.165, 1.54) is 0 Å². The zero-order chi connectivity index (χ0) is 31.6. The van der Waals surface area contributed by atoms with Gasteiger partial charge < -0.3 is 9.47 Å². The molecule has 2 rings (SSSR count). The van der Waals surface area contributed by atoms with E-state index < -0.39 is 35.6 Å². The molecule has 2 fully saturated rings. The summed E-state index contributed by atoms with van der Waals surface area (Å²) in [7, 11) is 0. The average Bonchev–Trinajstić information content (AvgIpc) is 2.96. The summed E-state index contributed by atoms with van der Waals surface area (Å²) in [6.45, 7) is 4.51. The lowest BCUT2D eigenvalue weighted by Gasteiger charge is -2.30. The molecule has 0 N–H and O–H groups in total. The van der Waals surface area contributed by atoms with Gasteiger partial charge in [0.25, 0.3) is 0 Å². The first-order valence-corrected chi connectivity index (χ1v) is 16.2. The maximum Gasteiger partial charge on any atom is 0.433 e.